The first-order valence-electron chi connectivity index (χ1n) is 6.80. The number of hydrogen-bond acceptors (Lipinski definition) is 1. The van der Waals surface area contributed by atoms with Gasteiger partial charge in [-0.2, -0.15) is 0 Å². The van der Waals surface area contributed by atoms with Gasteiger partial charge in [-0.25, -0.2) is 0 Å². The van der Waals surface area contributed by atoms with Crippen LogP contribution >= 0.6 is 0 Å². The molecule has 0 aliphatic heterocycles. The Kier molecular flexibility index (Phi) is 15.5. The van der Waals surface area contributed by atoms with E-state index in [4.69, 9.17) is 0 Å². The Bertz CT molecular complexity index is 206. The van der Waals surface area contributed by atoms with Gasteiger partial charge in [-0.1, -0.05) is 54.4 Å². The van der Waals surface area contributed by atoms with Crippen LogP contribution in [-0.4, -0.2) is 4.98 Å². The molecule has 0 saturated heterocycles. The fourth-order valence-electron chi connectivity index (χ4n) is 1.46. The third kappa shape index (κ3) is 7.44. The van der Waals surface area contributed by atoms with Crippen molar-refractivity contribution in [3.8, 4) is 0 Å². The highest BCUT2D eigenvalue weighted by Crippen LogP contribution is 2.11. The van der Waals surface area contributed by atoms with E-state index in [9.17, 15) is 0 Å². The fraction of sp³-hybridized carbons (Fsp3) is 0.667. The maximum Gasteiger partial charge on any atom is 0.0302 e. The lowest BCUT2D eigenvalue weighted by molar-refractivity contribution is 0.853. The molecule has 0 aromatic carbocycles. The lowest BCUT2D eigenvalue weighted by Crippen LogP contribution is -1.94. The molecule has 1 heterocycles. The Morgan fingerprint density at radius 1 is 0.875 bits per heavy atom. The van der Waals surface area contributed by atoms with Crippen molar-refractivity contribution < 1.29 is 0 Å². The summed E-state index contributed by atoms with van der Waals surface area (Å²) in [6.45, 7) is 12.4. The molecule has 0 bridgehead atoms. The van der Waals surface area contributed by atoms with Crippen LogP contribution in [0.3, 0.4) is 0 Å². The van der Waals surface area contributed by atoms with Crippen LogP contribution in [0.4, 0.5) is 0 Å². The molecule has 0 amide bonds. The van der Waals surface area contributed by atoms with Gasteiger partial charge >= 0.3 is 0 Å². The van der Waals surface area contributed by atoms with Crippen LogP contribution in [0, 0.1) is 0 Å². The molecule has 0 N–H and O–H groups in total. The monoisotopic (exact) mass is 223 g/mol. The predicted molar refractivity (Wildman–Crippen MR) is 74.9 cm³/mol. The first-order chi connectivity index (χ1) is 7.88. The number of nitrogens with zero attached hydrogens (tertiary/aromatic N) is 1. The van der Waals surface area contributed by atoms with Gasteiger partial charge in [-0.05, 0) is 30.0 Å². The number of hydrogen-bond donors (Lipinski definition) is 0. The number of aryl methyl sites for hydroxylation is 2. The van der Waals surface area contributed by atoms with E-state index in [0.29, 0.717) is 0 Å². The summed E-state index contributed by atoms with van der Waals surface area (Å²) in [6.07, 6.45) is 8.70. The van der Waals surface area contributed by atoms with Crippen molar-refractivity contribution in [1.29, 1.82) is 0 Å². The first kappa shape index (κ1) is 17.5. The van der Waals surface area contributed by atoms with Crippen LogP contribution in [0.25, 0.3) is 0 Å². The van der Waals surface area contributed by atoms with E-state index in [1.807, 2.05) is 40.1 Å². The van der Waals surface area contributed by atoms with E-state index in [2.05, 4.69) is 24.9 Å². The fourth-order valence-corrected chi connectivity index (χ4v) is 1.46. The minimum Gasteiger partial charge on any atom is -0.264 e. The van der Waals surface area contributed by atoms with Gasteiger partial charge in [0.05, 0.1) is 0 Å². The van der Waals surface area contributed by atoms with Gasteiger partial charge in [0.2, 0.25) is 0 Å². The molecule has 0 saturated carbocycles. The van der Waals surface area contributed by atoms with Gasteiger partial charge in [0.15, 0.2) is 0 Å². The highest BCUT2D eigenvalue weighted by Gasteiger charge is 1.98. The average Bonchev–Trinajstić information content (AvgIpc) is 2.37. The van der Waals surface area contributed by atoms with E-state index in [1.54, 1.807) is 0 Å². The highest BCUT2D eigenvalue weighted by molar-refractivity contribution is 5.23. The van der Waals surface area contributed by atoms with Crippen molar-refractivity contribution in [2.75, 3.05) is 0 Å². The minimum absolute atomic E-state index is 1.17. The molecule has 16 heavy (non-hydrogen) atoms. The van der Waals surface area contributed by atoms with Crippen molar-refractivity contribution in [2.24, 2.45) is 0 Å². The maximum atomic E-state index is 4.15. The molecule has 0 aliphatic rings. The zero-order chi connectivity index (χ0) is 12.8. The summed E-state index contributed by atoms with van der Waals surface area (Å²) >= 11 is 0. The number of aromatic nitrogens is 1. The topological polar surface area (TPSA) is 12.9 Å². The van der Waals surface area contributed by atoms with Crippen LogP contribution in [-0.2, 0) is 12.8 Å². The third-order valence-corrected chi connectivity index (χ3v) is 2.04. The second-order valence-electron chi connectivity index (χ2n) is 3.14. The second kappa shape index (κ2) is 14.2. The molecule has 1 heteroatoms. The number of pyridine rings is 1. The summed E-state index contributed by atoms with van der Waals surface area (Å²) in [5.74, 6) is 0. The van der Waals surface area contributed by atoms with E-state index in [0.717, 1.165) is 0 Å². The van der Waals surface area contributed by atoms with Crippen molar-refractivity contribution in [2.45, 2.75) is 67.2 Å². The van der Waals surface area contributed by atoms with Crippen molar-refractivity contribution in [3.05, 3.63) is 29.6 Å². The summed E-state index contributed by atoms with van der Waals surface area (Å²) < 4.78 is 0. The number of rotatable bonds is 4. The van der Waals surface area contributed by atoms with Crippen molar-refractivity contribution in [1.82, 2.24) is 4.98 Å². The highest BCUT2D eigenvalue weighted by atomic mass is 14.6. The Balaban J connectivity index is 0. The third-order valence-electron chi connectivity index (χ3n) is 2.04. The summed E-state index contributed by atoms with van der Waals surface area (Å²) in [5.41, 5.74) is 2.91. The van der Waals surface area contributed by atoms with Gasteiger partial charge in [0, 0.05) is 12.4 Å². The van der Waals surface area contributed by atoms with Crippen LogP contribution in [0.5, 0.6) is 0 Å². The second-order valence-corrected chi connectivity index (χ2v) is 3.14. The smallest absolute Gasteiger partial charge is 0.0302 e. The first-order valence-corrected chi connectivity index (χ1v) is 6.80. The zero-order valence-corrected chi connectivity index (χ0v) is 12.0. The molecular formula is C15H29N. The largest absolute Gasteiger partial charge is 0.264 e. The van der Waals surface area contributed by atoms with Crippen LogP contribution in [0.1, 0.15) is 65.5 Å². The molecule has 1 aromatic heterocycles. The molecule has 94 valence electrons. The maximum absolute atomic E-state index is 4.15. The summed E-state index contributed by atoms with van der Waals surface area (Å²) in [6, 6.07) is 2.15. The minimum atomic E-state index is 1.17. The predicted octanol–water partition coefficient (Wildman–Crippen LogP) is 5.04. The molecule has 1 aromatic rings. The summed E-state index contributed by atoms with van der Waals surface area (Å²) in [7, 11) is 0. The van der Waals surface area contributed by atoms with E-state index >= 15 is 0 Å². The lowest BCUT2D eigenvalue weighted by atomic mass is 10.0. The Morgan fingerprint density at radius 2 is 1.38 bits per heavy atom. The molecule has 0 unspecified atom stereocenters. The molecule has 0 fully saturated rings. The molecule has 0 aliphatic carbocycles. The van der Waals surface area contributed by atoms with Gasteiger partial charge in [-0.15, -0.1) is 0 Å². The van der Waals surface area contributed by atoms with Crippen molar-refractivity contribution in [3.63, 3.8) is 0 Å². The lowest BCUT2D eigenvalue weighted by Gasteiger charge is -2.05. The summed E-state index contributed by atoms with van der Waals surface area (Å²) in [5, 5.41) is 0. The Labute approximate surface area is 102 Å². The van der Waals surface area contributed by atoms with Crippen LogP contribution < -0.4 is 0 Å². The van der Waals surface area contributed by atoms with Gasteiger partial charge in [-0.3, -0.25) is 4.98 Å². The zero-order valence-electron chi connectivity index (χ0n) is 12.0. The average molecular weight is 223 g/mol. The standard InChI is InChI=1S/C11H17N.2C2H6/c1-3-5-10-7-8-12-9-11(10)6-4-2;2*1-2/h7-9H,3-6H2,1-2H3;2*1-2H3. The Morgan fingerprint density at radius 3 is 1.88 bits per heavy atom. The molecular weight excluding hydrogens is 194 g/mol. The van der Waals surface area contributed by atoms with E-state index in [-0.39, 0.29) is 0 Å². The SMILES string of the molecule is CC.CC.CCCc1ccncc1CCC. The molecule has 1 rings (SSSR count). The van der Waals surface area contributed by atoms with Crippen LogP contribution in [0.15, 0.2) is 18.5 Å². The van der Waals surface area contributed by atoms with Gasteiger partial charge in [0.1, 0.15) is 0 Å². The Hall–Kier alpha value is -0.850. The van der Waals surface area contributed by atoms with Gasteiger partial charge < -0.3 is 0 Å². The molecule has 0 spiro atoms. The van der Waals surface area contributed by atoms with E-state index < -0.39 is 0 Å². The molecule has 0 radical (unpaired) electrons. The van der Waals surface area contributed by atoms with Crippen molar-refractivity contribution >= 4 is 0 Å². The quantitative estimate of drug-likeness (QED) is 0.697. The van der Waals surface area contributed by atoms with Gasteiger partial charge in [0.25, 0.3) is 0 Å². The molecule has 0 atom stereocenters. The summed E-state index contributed by atoms with van der Waals surface area (Å²) in [4.78, 5) is 4.15. The van der Waals surface area contributed by atoms with E-state index in [1.165, 1.54) is 36.8 Å². The van der Waals surface area contributed by atoms with Crippen LogP contribution in [0.2, 0.25) is 0 Å². The molecule has 1 nitrogen and oxygen atoms in total. The normalized spacial score (nSPS) is 8.38.